The first-order valence-electron chi connectivity index (χ1n) is 6.86. The third-order valence-corrected chi connectivity index (χ3v) is 3.06. The Morgan fingerprint density at radius 1 is 1.00 bits per heavy atom. The summed E-state index contributed by atoms with van der Waals surface area (Å²) in [7, 11) is 0. The van der Waals surface area contributed by atoms with Crippen LogP contribution in [0.3, 0.4) is 0 Å². The Morgan fingerprint density at radius 2 is 1.75 bits per heavy atom. The minimum atomic E-state index is 1.13. The average molecular weight is 225 g/mol. The van der Waals surface area contributed by atoms with E-state index in [2.05, 4.69) is 36.0 Å². The van der Waals surface area contributed by atoms with Gasteiger partial charge < -0.3 is 5.43 Å². The summed E-state index contributed by atoms with van der Waals surface area (Å²) >= 11 is 0. The minimum Gasteiger partial charge on any atom is -0.309 e. The molecule has 0 aliphatic carbocycles. The molecular weight excluding hydrogens is 198 g/mol. The van der Waals surface area contributed by atoms with Crippen LogP contribution in [0.1, 0.15) is 65.2 Å². The largest absolute Gasteiger partial charge is 0.309 e. The van der Waals surface area contributed by atoms with Crippen LogP contribution in [-0.2, 0) is 0 Å². The molecule has 3 heteroatoms. The van der Waals surface area contributed by atoms with E-state index in [1.54, 1.807) is 0 Å². The highest BCUT2D eigenvalue weighted by Crippen LogP contribution is 2.14. The molecule has 2 N–H and O–H groups in total. The second-order valence-corrected chi connectivity index (χ2v) is 4.56. The summed E-state index contributed by atoms with van der Waals surface area (Å²) in [5.74, 6) is 0. The molecule has 0 bridgehead atoms. The molecule has 0 aromatic heterocycles. The van der Waals surface area contributed by atoms with Crippen molar-refractivity contribution in [1.29, 1.82) is 0 Å². The SMILES string of the molecule is CCCCCCCN1NNC=C1CCCC. The lowest BCUT2D eigenvalue weighted by atomic mass is 10.1. The first kappa shape index (κ1) is 13.4. The summed E-state index contributed by atoms with van der Waals surface area (Å²) < 4.78 is 0. The monoisotopic (exact) mass is 225 g/mol. The van der Waals surface area contributed by atoms with E-state index in [1.165, 1.54) is 57.1 Å². The summed E-state index contributed by atoms with van der Waals surface area (Å²) in [5, 5.41) is 2.27. The number of allylic oxidation sites excluding steroid dienone is 1. The van der Waals surface area contributed by atoms with Crippen LogP contribution in [0.15, 0.2) is 11.9 Å². The Balaban J connectivity index is 2.09. The van der Waals surface area contributed by atoms with Gasteiger partial charge in [0, 0.05) is 18.4 Å². The normalized spacial score (nSPS) is 15.1. The zero-order valence-corrected chi connectivity index (χ0v) is 10.9. The van der Waals surface area contributed by atoms with Gasteiger partial charge in [-0.1, -0.05) is 46.0 Å². The Labute approximate surface area is 100 Å². The quantitative estimate of drug-likeness (QED) is 0.589. The molecule has 1 heterocycles. The number of nitrogens with one attached hydrogen (secondary N) is 2. The maximum absolute atomic E-state index is 3.20. The second-order valence-electron chi connectivity index (χ2n) is 4.56. The van der Waals surface area contributed by atoms with E-state index < -0.39 is 0 Å². The number of rotatable bonds is 9. The third-order valence-electron chi connectivity index (χ3n) is 3.06. The highest BCUT2D eigenvalue weighted by molar-refractivity contribution is 5.02. The van der Waals surface area contributed by atoms with Crippen molar-refractivity contribution in [2.24, 2.45) is 0 Å². The maximum Gasteiger partial charge on any atom is 0.0483 e. The van der Waals surface area contributed by atoms with Gasteiger partial charge in [-0.2, -0.15) is 0 Å². The number of hydrogen-bond donors (Lipinski definition) is 2. The molecule has 0 saturated heterocycles. The van der Waals surface area contributed by atoms with Gasteiger partial charge in [-0.25, -0.2) is 0 Å². The second kappa shape index (κ2) is 8.45. The van der Waals surface area contributed by atoms with Gasteiger partial charge in [0.25, 0.3) is 0 Å². The Hall–Kier alpha value is -0.700. The first-order valence-corrected chi connectivity index (χ1v) is 6.86. The van der Waals surface area contributed by atoms with Crippen molar-refractivity contribution in [3.63, 3.8) is 0 Å². The van der Waals surface area contributed by atoms with E-state index >= 15 is 0 Å². The van der Waals surface area contributed by atoms with E-state index in [-0.39, 0.29) is 0 Å². The smallest absolute Gasteiger partial charge is 0.0483 e. The van der Waals surface area contributed by atoms with Crippen LogP contribution < -0.4 is 11.0 Å². The van der Waals surface area contributed by atoms with Crippen molar-refractivity contribution in [2.45, 2.75) is 65.2 Å². The lowest BCUT2D eigenvalue weighted by Crippen LogP contribution is -2.38. The van der Waals surface area contributed by atoms with E-state index in [1.807, 2.05) is 0 Å². The third kappa shape index (κ3) is 4.88. The van der Waals surface area contributed by atoms with Gasteiger partial charge in [-0.15, -0.1) is 5.53 Å². The minimum absolute atomic E-state index is 1.13. The molecule has 0 aromatic carbocycles. The van der Waals surface area contributed by atoms with Crippen molar-refractivity contribution in [3.8, 4) is 0 Å². The van der Waals surface area contributed by atoms with Crippen LogP contribution in [0.5, 0.6) is 0 Å². The number of nitrogens with zero attached hydrogens (tertiary/aromatic N) is 1. The van der Waals surface area contributed by atoms with Gasteiger partial charge in [-0.3, -0.25) is 5.01 Å². The fourth-order valence-corrected chi connectivity index (χ4v) is 1.98. The fraction of sp³-hybridized carbons (Fsp3) is 0.846. The van der Waals surface area contributed by atoms with Gasteiger partial charge in [0.2, 0.25) is 0 Å². The molecule has 0 fully saturated rings. The summed E-state index contributed by atoms with van der Waals surface area (Å²) in [5.41, 5.74) is 7.71. The predicted octanol–water partition coefficient (Wildman–Crippen LogP) is 3.31. The van der Waals surface area contributed by atoms with Gasteiger partial charge >= 0.3 is 0 Å². The number of hydrazine groups is 2. The molecule has 0 aromatic rings. The average Bonchev–Trinajstić information content (AvgIpc) is 2.74. The molecule has 1 rings (SSSR count). The lowest BCUT2D eigenvalue weighted by Gasteiger charge is -2.21. The summed E-state index contributed by atoms with van der Waals surface area (Å²) in [6, 6.07) is 0. The summed E-state index contributed by atoms with van der Waals surface area (Å²) in [4.78, 5) is 0. The topological polar surface area (TPSA) is 27.3 Å². The van der Waals surface area contributed by atoms with Crippen LogP contribution in [0.2, 0.25) is 0 Å². The van der Waals surface area contributed by atoms with Gasteiger partial charge in [0.05, 0.1) is 0 Å². The predicted molar refractivity (Wildman–Crippen MR) is 69.3 cm³/mol. The molecule has 0 unspecified atom stereocenters. The standard InChI is InChI=1S/C13H27N3/c1-3-5-7-8-9-11-16-13(10-6-4-2)12-14-15-16/h12,14-15H,3-11H2,1-2H3. The summed E-state index contributed by atoms with van der Waals surface area (Å²) in [6.07, 6.45) is 12.6. The van der Waals surface area contributed by atoms with E-state index in [9.17, 15) is 0 Å². The molecule has 3 nitrogen and oxygen atoms in total. The van der Waals surface area contributed by atoms with Crippen molar-refractivity contribution in [3.05, 3.63) is 11.9 Å². The molecule has 0 saturated carbocycles. The van der Waals surface area contributed by atoms with Crippen molar-refractivity contribution >= 4 is 0 Å². The number of hydrogen-bond acceptors (Lipinski definition) is 3. The van der Waals surface area contributed by atoms with Gasteiger partial charge in [0.1, 0.15) is 0 Å². The highest BCUT2D eigenvalue weighted by atomic mass is 15.7. The van der Waals surface area contributed by atoms with Crippen LogP contribution in [0, 0.1) is 0 Å². The van der Waals surface area contributed by atoms with Crippen LogP contribution >= 0.6 is 0 Å². The Morgan fingerprint density at radius 3 is 2.50 bits per heavy atom. The highest BCUT2D eigenvalue weighted by Gasteiger charge is 2.12. The zero-order valence-electron chi connectivity index (χ0n) is 10.9. The molecular formula is C13H27N3. The molecule has 0 radical (unpaired) electrons. The number of unbranched alkanes of at least 4 members (excludes halogenated alkanes) is 5. The van der Waals surface area contributed by atoms with Gasteiger partial charge in [-0.05, 0) is 19.3 Å². The Bertz CT molecular complexity index is 201. The molecule has 16 heavy (non-hydrogen) atoms. The molecule has 0 spiro atoms. The molecule has 1 aliphatic rings. The maximum atomic E-state index is 3.20. The van der Waals surface area contributed by atoms with E-state index in [4.69, 9.17) is 0 Å². The van der Waals surface area contributed by atoms with Crippen LogP contribution in [0.4, 0.5) is 0 Å². The van der Waals surface area contributed by atoms with Crippen LogP contribution in [-0.4, -0.2) is 11.6 Å². The Kier molecular flexibility index (Phi) is 7.06. The fourth-order valence-electron chi connectivity index (χ4n) is 1.98. The van der Waals surface area contributed by atoms with Crippen molar-refractivity contribution in [2.75, 3.05) is 6.54 Å². The van der Waals surface area contributed by atoms with Crippen molar-refractivity contribution < 1.29 is 0 Å². The van der Waals surface area contributed by atoms with E-state index in [0.717, 1.165) is 6.54 Å². The molecule has 94 valence electrons. The molecule has 1 aliphatic heterocycles. The molecule has 0 atom stereocenters. The van der Waals surface area contributed by atoms with E-state index in [0.29, 0.717) is 0 Å². The van der Waals surface area contributed by atoms with Gasteiger partial charge in [0.15, 0.2) is 0 Å². The molecule has 0 amide bonds. The zero-order chi connectivity index (χ0) is 11.6. The first-order chi connectivity index (χ1) is 7.88. The van der Waals surface area contributed by atoms with Crippen LogP contribution in [0.25, 0.3) is 0 Å². The van der Waals surface area contributed by atoms with Crippen molar-refractivity contribution in [1.82, 2.24) is 16.0 Å². The summed E-state index contributed by atoms with van der Waals surface area (Å²) in [6.45, 7) is 5.63. The lowest BCUT2D eigenvalue weighted by molar-refractivity contribution is 0.237.